The summed E-state index contributed by atoms with van der Waals surface area (Å²) in [6, 6.07) is 7.29. The number of furan rings is 1. The summed E-state index contributed by atoms with van der Waals surface area (Å²) in [5.41, 5.74) is -4.36. The van der Waals surface area contributed by atoms with Crippen molar-refractivity contribution < 1.29 is 27.5 Å². The molecule has 0 atom stereocenters. The highest BCUT2D eigenvalue weighted by Crippen LogP contribution is 2.60. The third-order valence-electron chi connectivity index (χ3n) is 3.67. The van der Waals surface area contributed by atoms with Crippen molar-refractivity contribution in [2.24, 2.45) is 7.05 Å². The second kappa shape index (κ2) is 8.46. The molecule has 152 valence electrons. The highest BCUT2D eigenvalue weighted by molar-refractivity contribution is 9.10. The Morgan fingerprint density at radius 3 is 2.61 bits per heavy atom. The number of rotatable bonds is 6. The first-order chi connectivity index (χ1) is 12.6. The third kappa shape index (κ3) is 4.38. The first kappa shape index (κ1) is 22.8. The van der Waals surface area contributed by atoms with Crippen LogP contribution in [0.25, 0.3) is 11.6 Å². The van der Waals surface area contributed by atoms with Gasteiger partial charge in [-0.15, -0.1) is 10.2 Å². The molecule has 7 nitrogen and oxygen atoms in total. The minimum absolute atomic E-state index is 0. The molecule has 3 rings (SSSR count). The Kier molecular flexibility index (Phi) is 6.88. The number of aromatic nitrogens is 3. The van der Waals surface area contributed by atoms with Gasteiger partial charge in [-0.1, -0.05) is 47.3 Å². The average molecular weight is 496 g/mol. The Labute approximate surface area is 172 Å². The van der Waals surface area contributed by atoms with Gasteiger partial charge < -0.3 is 18.8 Å². The monoisotopic (exact) mass is 495 g/mol. The van der Waals surface area contributed by atoms with E-state index in [1.165, 1.54) is 30.2 Å². The number of hydrogen-bond acceptors (Lipinski definition) is 5. The van der Waals surface area contributed by atoms with Crippen LogP contribution in [0.15, 0.2) is 50.6 Å². The van der Waals surface area contributed by atoms with E-state index >= 15 is 0 Å². The van der Waals surface area contributed by atoms with Crippen LogP contribution >= 0.6 is 35.3 Å². The first-order valence-electron chi connectivity index (χ1n) is 7.39. The Hall–Kier alpha value is -1.52. The maximum absolute atomic E-state index is 13.9. The predicted molar refractivity (Wildman–Crippen MR) is 105 cm³/mol. The quantitative estimate of drug-likeness (QED) is 0.366. The second-order valence-corrected chi connectivity index (χ2v) is 8.98. The first-order valence-corrected chi connectivity index (χ1v) is 10.8. The molecule has 0 unspecified atom stereocenters. The molecule has 0 aliphatic heterocycles. The van der Waals surface area contributed by atoms with Gasteiger partial charge in [0, 0.05) is 22.8 Å². The van der Waals surface area contributed by atoms with Crippen molar-refractivity contribution in [3.63, 3.8) is 0 Å². The molecule has 0 spiro atoms. The second-order valence-electron chi connectivity index (χ2n) is 5.53. The van der Waals surface area contributed by atoms with Crippen molar-refractivity contribution in [3.05, 3.63) is 52.2 Å². The fourth-order valence-corrected chi connectivity index (χ4v) is 4.45. The lowest BCUT2D eigenvalue weighted by Gasteiger charge is -2.19. The third-order valence-corrected chi connectivity index (χ3v) is 6.39. The van der Waals surface area contributed by atoms with Crippen molar-refractivity contribution in [3.8, 4) is 11.6 Å². The number of alkyl halides is 2. The van der Waals surface area contributed by atoms with Crippen LogP contribution in [0.3, 0.4) is 0 Å². The van der Waals surface area contributed by atoms with Crippen molar-refractivity contribution in [2.45, 2.75) is 24.0 Å². The van der Waals surface area contributed by atoms with Crippen molar-refractivity contribution in [1.82, 2.24) is 14.8 Å². The minimum atomic E-state index is -5.62. The molecule has 0 fully saturated rings. The van der Waals surface area contributed by atoms with Gasteiger partial charge in [-0.2, -0.15) is 8.78 Å². The summed E-state index contributed by atoms with van der Waals surface area (Å²) in [5.74, 6) is 1.52. The van der Waals surface area contributed by atoms with Crippen LogP contribution < -0.4 is 0 Å². The molecule has 0 bridgehead atoms. The van der Waals surface area contributed by atoms with E-state index in [0.29, 0.717) is 28.1 Å². The van der Waals surface area contributed by atoms with E-state index in [-0.39, 0.29) is 11.9 Å². The highest BCUT2D eigenvalue weighted by Gasteiger charge is 2.51. The standard InChI is InChI=1S/C15H13BrF2N3O4PS.CH4/c1-21-13(12-3-2-6-25-12)19-20-14(21)27-8-9-4-5-10(11(16)7-9)15(17,18)26(22,23)24;/h2-7H,8H2,1H3,(H2,22,23,24);1H4. The van der Waals surface area contributed by atoms with Crippen LogP contribution in [0.4, 0.5) is 8.78 Å². The summed E-state index contributed by atoms with van der Waals surface area (Å²) in [5, 5.41) is 8.74. The lowest BCUT2D eigenvalue weighted by molar-refractivity contribution is 0.0557. The summed E-state index contributed by atoms with van der Waals surface area (Å²) in [7, 11) is -3.85. The van der Waals surface area contributed by atoms with Gasteiger partial charge in [0.15, 0.2) is 16.7 Å². The maximum atomic E-state index is 13.9. The van der Waals surface area contributed by atoms with Gasteiger partial charge in [0.05, 0.1) is 6.26 Å². The Morgan fingerprint density at radius 2 is 2.04 bits per heavy atom. The number of thioether (sulfide) groups is 1. The van der Waals surface area contributed by atoms with Crippen LogP contribution in [0.5, 0.6) is 0 Å². The summed E-state index contributed by atoms with van der Waals surface area (Å²) in [6.07, 6.45) is 1.53. The van der Waals surface area contributed by atoms with Gasteiger partial charge in [0.25, 0.3) is 0 Å². The molecule has 1 aromatic carbocycles. The molecular weight excluding hydrogens is 479 g/mol. The molecule has 2 heterocycles. The lowest BCUT2D eigenvalue weighted by atomic mass is 10.1. The Bertz CT molecular complexity index is 1010. The highest BCUT2D eigenvalue weighted by atomic mass is 79.9. The van der Waals surface area contributed by atoms with E-state index in [1.54, 1.807) is 23.7 Å². The summed E-state index contributed by atoms with van der Waals surface area (Å²) in [4.78, 5) is 17.7. The molecule has 0 aliphatic rings. The molecule has 0 radical (unpaired) electrons. The van der Waals surface area contributed by atoms with Crippen molar-refractivity contribution in [1.29, 1.82) is 0 Å². The van der Waals surface area contributed by atoms with E-state index < -0.39 is 18.8 Å². The van der Waals surface area contributed by atoms with Gasteiger partial charge in [-0.3, -0.25) is 4.57 Å². The van der Waals surface area contributed by atoms with Crippen LogP contribution in [0.1, 0.15) is 18.6 Å². The molecule has 28 heavy (non-hydrogen) atoms. The smallest absolute Gasteiger partial charge is 0.399 e. The molecule has 0 saturated carbocycles. The molecular formula is C16H17BrF2N3O4PS. The summed E-state index contributed by atoms with van der Waals surface area (Å²) >= 11 is 4.30. The van der Waals surface area contributed by atoms with Crippen LogP contribution in [0.2, 0.25) is 0 Å². The van der Waals surface area contributed by atoms with E-state index in [0.717, 1.165) is 6.07 Å². The maximum Gasteiger partial charge on any atom is 0.399 e. The van der Waals surface area contributed by atoms with E-state index in [9.17, 15) is 13.3 Å². The van der Waals surface area contributed by atoms with Crippen molar-refractivity contribution in [2.75, 3.05) is 0 Å². The molecule has 0 aliphatic carbocycles. The summed E-state index contributed by atoms with van der Waals surface area (Å²) in [6.45, 7) is 0. The van der Waals surface area contributed by atoms with Crippen LogP contribution in [0, 0.1) is 0 Å². The van der Waals surface area contributed by atoms with E-state index in [2.05, 4.69) is 26.1 Å². The molecule has 0 amide bonds. The normalized spacial score (nSPS) is 12.1. The Balaban J connectivity index is 0.00000280. The zero-order valence-electron chi connectivity index (χ0n) is 13.7. The van der Waals surface area contributed by atoms with Gasteiger partial charge in [0.1, 0.15) is 0 Å². The topological polar surface area (TPSA) is 101 Å². The molecule has 2 N–H and O–H groups in total. The number of halogens is 3. The van der Waals surface area contributed by atoms with Gasteiger partial charge in [0.2, 0.25) is 0 Å². The van der Waals surface area contributed by atoms with E-state index in [1.807, 2.05) is 0 Å². The van der Waals surface area contributed by atoms with Gasteiger partial charge >= 0.3 is 13.3 Å². The molecule has 3 aromatic rings. The largest absolute Gasteiger partial charge is 0.461 e. The van der Waals surface area contributed by atoms with Gasteiger partial charge in [-0.25, -0.2) is 0 Å². The van der Waals surface area contributed by atoms with Crippen LogP contribution in [-0.2, 0) is 23.0 Å². The fourth-order valence-electron chi connectivity index (χ4n) is 2.26. The average Bonchev–Trinajstić information content (AvgIpc) is 3.21. The minimum Gasteiger partial charge on any atom is -0.461 e. The summed E-state index contributed by atoms with van der Waals surface area (Å²) < 4.78 is 45.7. The molecule has 12 heteroatoms. The predicted octanol–water partition coefficient (Wildman–Crippen LogP) is 4.99. The lowest BCUT2D eigenvalue weighted by Crippen LogP contribution is -2.14. The number of nitrogens with zero attached hydrogens (tertiary/aromatic N) is 3. The van der Waals surface area contributed by atoms with Crippen molar-refractivity contribution >= 4 is 35.3 Å². The number of benzene rings is 1. The number of hydrogen-bond donors (Lipinski definition) is 2. The Morgan fingerprint density at radius 1 is 1.32 bits per heavy atom. The van der Waals surface area contributed by atoms with Crippen LogP contribution in [-0.4, -0.2) is 24.6 Å². The van der Waals surface area contributed by atoms with Gasteiger partial charge in [-0.05, 0) is 23.8 Å². The fraction of sp³-hybridized carbons (Fsp3) is 0.250. The molecule has 0 saturated heterocycles. The molecule has 2 aromatic heterocycles. The zero-order chi connectivity index (χ0) is 19.8. The SMILES string of the molecule is C.Cn1c(SCc2ccc(C(F)(F)P(=O)(O)O)c(Br)c2)nnc1-c1ccco1. The zero-order valence-corrected chi connectivity index (χ0v) is 17.0. The van der Waals surface area contributed by atoms with E-state index in [4.69, 9.17) is 14.2 Å².